The average molecular weight is 203 g/mol. The van der Waals surface area contributed by atoms with Gasteiger partial charge in [-0.15, -0.1) is 0 Å². The second-order valence-electron chi connectivity index (χ2n) is 2.48. The topological polar surface area (TPSA) is 92.7 Å². The monoisotopic (exact) mass is 203 g/mol. The zero-order valence-corrected chi connectivity index (χ0v) is 7.91. The lowest BCUT2D eigenvalue weighted by atomic mass is 10.4. The van der Waals surface area contributed by atoms with Crippen molar-refractivity contribution >= 4 is 17.8 Å². The first-order valence-corrected chi connectivity index (χ1v) is 4.20. The fourth-order valence-corrected chi connectivity index (χ4v) is 0.737. The van der Waals surface area contributed by atoms with Crippen molar-refractivity contribution in [3.63, 3.8) is 0 Å². The van der Waals surface area contributed by atoms with Crippen molar-refractivity contribution in [1.82, 2.24) is 5.32 Å². The quantitative estimate of drug-likeness (QED) is 0.449. The molecule has 14 heavy (non-hydrogen) atoms. The molecule has 0 fully saturated rings. The van der Waals surface area contributed by atoms with E-state index in [-0.39, 0.29) is 13.0 Å². The van der Waals surface area contributed by atoms with Crippen molar-refractivity contribution in [2.24, 2.45) is 0 Å². The zero-order chi connectivity index (χ0) is 11.0. The zero-order valence-electron chi connectivity index (χ0n) is 7.91. The third kappa shape index (κ3) is 7.08. The summed E-state index contributed by atoms with van der Waals surface area (Å²) in [7, 11) is 0. The smallest absolute Gasteiger partial charge is 0.312 e. The summed E-state index contributed by atoms with van der Waals surface area (Å²) in [5.41, 5.74) is 0. The highest BCUT2D eigenvalue weighted by Crippen LogP contribution is 1.85. The number of hydrogen-bond donors (Lipinski definition) is 2. The Bertz CT molecular complexity index is 226. The second-order valence-corrected chi connectivity index (χ2v) is 2.48. The van der Waals surface area contributed by atoms with E-state index in [1.807, 2.05) is 0 Å². The van der Waals surface area contributed by atoms with Gasteiger partial charge in [-0.05, 0) is 6.92 Å². The molecule has 0 aromatic rings. The Morgan fingerprint density at radius 2 is 2.00 bits per heavy atom. The Kier molecular flexibility index (Phi) is 6.09. The van der Waals surface area contributed by atoms with Gasteiger partial charge in [0.05, 0.1) is 13.0 Å². The van der Waals surface area contributed by atoms with Crippen molar-refractivity contribution in [3.8, 4) is 0 Å². The number of rotatable bonds is 6. The molecule has 0 spiro atoms. The largest absolute Gasteiger partial charge is 0.481 e. The number of aliphatic carboxylic acids is 1. The van der Waals surface area contributed by atoms with E-state index in [4.69, 9.17) is 5.11 Å². The van der Waals surface area contributed by atoms with Crippen LogP contribution < -0.4 is 5.32 Å². The molecule has 0 unspecified atom stereocenters. The third-order valence-corrected chi connectivity index (χ3v) is 1.27. The predicted molar refractivity (Wildman–Crippen MR) is 46.5 cm³/mol. The van der Waals surface area contributed by atoms with Crippen LogP contribution in [0, 0.1) is 0 Å². The number of amides is 1. The minimum atomic E-state index is -1.20. The van der Waals surface area contributed by atoms with Gasteiger partial charge in [0.1, 0.15) is 6.42 Å². The number of esters is 1. The number of carbonyl (C=O) groups is 3. The van der Waals surface area contributed by atoms with Crippen LogP contribution in [-0.4, -0.2) is 36.1 Å². The molecular formula is C8H13NO5. The SMILES string of the molecule is CCOC(=O)CCNC(=O)CC(=O)O. The standard InChI is InChI=1S/C8H13NO5/c1-2-14-8(13)3-4-9-6(10)5-7(11)12/h2-5H2,1H3,(H,9,10)(H,11,12). The molecule has 0 radical (unpaired) electrons. The molecular weight excluding hydrogens is 190 g/mol. The molecule has 0 aliphatic carbocycles. The van der Waals surface area contributed by atoms with Crippen LogP contribution in [-0.2, 0) is 19.1 Å². The number of nitrogens with one attached hydrogen (secondary N) is 1. The highest BCUT2D eigenvalue weighted by atomic mass is 16.5. The molecule has 0 aliphatic rings. The first-order chi connectivity index (χ1) is 6.56. The van der Waals surface area contributed by atoms with Gasteiger partial charge in [0, 0.05) is 6.54 Å². The maximum Gasteiger partial charge on any atom is 0.312 e. The number of carboxylic acid groups (broad SMARTS) is 1. The number of carboxylic acids is 1. The van der Waals surface area contributed by atoms with E-state index < -0.39 is 24.3 Å². The molecule has 0 saturated carbocycles. The van der Waals surface area contributed by atoms with Crippen LogP contribution in [0.3, 0.4) is 0 Å². The van der Waals surface area contributed by atoms with Crippen molar-refractivity contribution < 1.29 is 24.2 Å². The first kappa shape index (κ1) is 12.4. The van der Waals surface area contributed by atoms with Gasteiger partial charge < -0.3 is 15.2 Å². The van der Waals surface area contributed by atoms with Crippen LogP contribution in [0.1, 0.15) is 19.8 Å². The molecule has 0 rings (SSSR count). The van der Waals surface area contributed by atoms with Crippen molar-refractivity contribution in [2.75, 3.05) is 13.2 Å². The Morgan fingerprint density at radius 1 is 1.36 bits per heavy atom. The van der Waals surface area contributed by atoms with Crippen LogP contribution >= 0.6 is 0 Å². The molecule has 6 heteroatoms. The molecule has 0 aliphatic heterocycles. The normalized spacial score (nSPS) is 9.21. The lowest BCUT2D eigenvalue weighted by Gasteiger charge is -2.02. The van der Waals surface area contributed by atoms with E-state index in [1.54, 1.807) is 6.92 Å². The Balaban J connectivity index is 3.49. The summed E-state index contributed by atoms with van der Waals surface area (Å²) in [5.74, 6) is -2.22. The van der Waals surface area contributed by atoms with Crippen LogP contribution in [0.25, 0.3) is 0 Å². The summed E-state index contributed by atoms with van der Waals surface area (Å²) in [5, 5.41) is 10.5. The highest BCUT2D eigenvalue weighted by molar-refractivity contribution is 5.93. The van der Waals surface area contributed by atoms with Gasteiger partial charge in [0.15, 0.2) is 0 Å². The molecule has 0 aromatic carbocycles. The van der Waals surface area contributed by atoms with Gasteiger partial charge in [0.2, 0.25) is 5.91 Å². The minimum Gasteiger partial charge on any atom is -0.481 e. The van der Waals surface area contributed by atoms with Gasteiger partial charge in [-0.25, -0.2) is 0 Å². The van der Waals surface area contributed by atoms with E-state index in [0.29, 0.717) is 6.61 Å². The van der Waals surface area contributed by atoms with E-state index in [2.05, 4.69) is 10.1 Å². The minimum absolute atomic E-state index is 0.0548. The molecule has 0 atom stereocenters. The Morgan fingerprint density at radius 3 is 2.50 bits per heavy atom. The van der Waals surface area contributed by atoms with E-state index in [1.165, 1.54) is 0 Å². The van der Waals surface area contributed by atoms with Crippen LogP contribution in [0.15, 0.2) is 0 Å². The van der Waals surface area contributed by atoms with Gasteiger partial charge in [-0.3, -0.25) is 14.4 Å². The summed E-state index contributed by atoms with van der Waals surface area (Å²) >= 11 is 0. The van der Waals surface area contributed by atoms with E-state index in [9.17, 15) is 14.4 Å². The predicted octanol–water partition coefficient (Wildman–Crippen LogP) is -0.469. The van der Waals surface area contributed by atoms with Crippen molar-refractivity contribution in [3.05, 3.63) is 0 Å². The van der Waals surface area contributed by atoms with Gasteiger partial charge >= 0.3 is 11.9 Å². The fraction of sp³-hybridized carbons (Fsp3) is 0.625. The van der Waals surface area contributed by atoms with Gasteiger partial charge in [-0.1, -0.05) is 0 Å². The molecule has 80 valence electrons. The Labute approximate surface area is 81.2 Å². The maximum atomic E-state index is 10.8. The lowest BCUT2D eigenvalue weighted by molar-refractivity contribution is -0.143. The van der Waals surface area contributed by atoms with Crippen LogP contribution in [0.5, 0.6) is 0 Å². The molecule has 2 N–H and O–H groups in total. The van der Waals surface area contributed by atoms with Crippen molar-refractivity contribution in [2.45, 2.75) is 19.8 Å². The van der Waals surface area contributed by atoms with Crippen LogP contribution in [0.2, 0.25) is 0 Å². The molecule has 0 bridgehead atoms. The molecule has 0 heterocycles. The maximum absolute atomic E-state index is 10.8. The third-order valence-electron chi connectivity index (χ3n) is 1.27. The average Bonchev–Trinajstić information content (AvgIpc) is 2.02. The summed E-state index contributed by atoms with van der Waals surface area (Å²) < 4.78 is 4.60. The number of carbonyl (C=O) groups excluding carboxylic acids is 2. The second kappa shape index (κ2) is 6.88. The van der Waals surface area contributed by atoms with E-state index >= 15 is 0 Å². The number of hydrogen-bond acceptors (Lipinski definition) is 4. The molecule has 6 nitrogen and oxygen atoms in total. The number of ether oxygens (including phenoxy) is 1. The molecule has 1 amide bonds. The summed E-state index contributed by atoms with van der Waals surface area (Å²) in [4.78, 5) is 31.6. The molecule has 0 aromatic heterocycles. The van der Waals surface area contributed by atoms with E-state index in [0.717, 1.165) is 0 Å². The van der Waals surface area contributed by atoms with Gasteiger partial charge in [0.25, 0.3) is 0 Å². The first-order valence-electron chi connectivity index (χ1n) is 4.20. The summed E-state index contributed by atoms with van der Waals surface area (Å²) in [6.45, 7) is 2.08. The van der Waals surface area contributed by atoms with Crippen LogP contribution in [0.4, 0.5) is 0 Å². The van der Waals surface area contributed by atoms with Crippen molar-refractivity contribution in [1.29, 1.82) is 0 Å². The lowest BCUT2D eigenvalue weighted by Crippen LogP contribution is -2.28. The summed E-state index contributed by atoms with van der Waals surface area (Å²) in [6, 6.07) is 0. The molecule has 0 saturated heterocycles. The van der Waals surface area contributed by atoms with Gasteiger partial charge in [-0.2, -0.15) is 0 Å². The Hall–Kier alpha value is -1.59. The summed E-state index contributed by atoms with van der Waals surface area (Å²) in [6.07, 6.45) is -0.526. The highest BCUT2D eigenvalue weighted by Gasteiger charge is 2.07. The fourth-order valence-electron chi connectivity index (χ4n) is 0.737.